The monoisotopic (exact) mass is 263 g/mol. The maximum Gasteiger partial charge on any atom is 0.253 e. The molecule has 0 spiro atoms. The van der Waals surface area contributed by atoms with Gasteiger partial charge in [-0.2, -0.15) is 0 Å². The number of carbonyl (C=O) groups is 2. The first-order valence-corrected chi connectivity index (χ1v) is 6.26. The number of aromatic nitrogens is 1. The summed E-state index contributed by atoms with van der Waals surface area (Å²) in [6.07, 6.45) is 3.07. The molecule has 1 saturated heterocycles. The van der Waals surface area contributed by atoms with Crippen LogP contribution in [-0.2, 0) is 9.53 Å². The van der Waals surface area contributed by atoms with Gasteiger partial charge in [0.05, 0.1) is 18.8 Å². The molecule has 19 heavy (non-hydrogen) atoms. The number of hydrogen-bond donors (Lipinski definition) is 1. The van der Waals surface area contributed by atoms with Crippen LogP contribution in [0, 0.1) is 0 Å². The molecule has 1 aromatic rings. The van der Waals surface area contributed by atoms with E-state index in [1.807, 2.05) is 0 Å². The Balaban J connectivity index is 1.91. The summed E-state index contributed by atoms with van der Waals surface area (Å²) in [5.41, 5.74) is 0.448. The summed E-state index contributed by atoms with van der Waals surface area (Å²) < 4.78 is 5.19. The number of carbonyl (C=O) groups excluding carboxylic acids is 2. The van der Waals surface area contributed by atoms with Crippen LogP contribution in [0.15, 0.2) is 24.5 Å². The fraction of sp³-hybridized carbons (Fsp3) is 0.462. The SMILES string of the molecule is C[C@H](NC(=O)c1cccnc1)C(=O)N1CCOCC1. The molecular weight excluding hydrogens is 246 g/mol. The molecule has 102 valence electrons. The normalized spacial score (nSPS) is 16.8. The van der Waals surface area contributed by atoms with E-state index >= 15 is 0 Å². The van der Waals surface area contributed by atoms with E-state index in [-0.39, 0.29) is 11.8 Å². The van der Waals surface area contributed by atoms with Crippen molar-refractivity contribution >= 4 is 11.8 Å². The molecule has 0 unspecified atom stereocenters. The molecule has 0 aromatic carbocycles. The molecule has 1 atom stereocenters. The molecule has 1 N–H and O–H groups in total. The minimum atomic E-state index is -0.550. The summed E-state index contributed by atoms with van der Waals surface area (Å²) in [7, 11) is 0. The Morgan fingerprint density at radius 3 is 2.79 bits per heavy atom. The van der Waals surface area contributed by atoms with Gasteiger partial charge in [-0.25, -0.2) is 0 Å². The highest BCUT2D eigenvalue weighted by Crippen LogP contribution is 2.02. The molecule has 0 radical (unpaired) electrons. The molecule has 0 bridgehead atoms. The van der Waals surface area contributed by atoms with Gasteiger partial charge in [-0.15, -0.1) is 0 Å². The molecule has 6 heteroatoms. The Labute approximate surface area is 111 Å². The van der Waals surface area contributed by atoms with Crippen molar-refractivity contribution in [2.24, 2.45) is 0 Å². The number of morpholine rings is 1. The van der Waals surface area contributed by atoms with E-state index in [0.717, 1.165) is 0 Å². The number of nitrogens with zero attached hydrogens (tertiary/aromatic N) is 2. The molecule has 1 aliphatic heterocycles. The molecule has 2 rings (SSSR count). The lowest BCUT2D eigenvalue weighted by molar-refractivity contribution is -0.136. The summed E-state index contributed by atoms with van der Waals surface area (Å²) in [4.78, 5) is 29.6. The van der Waals surface area contributed by atoms with Crippen LogP contribution in [0.2, 0.25) is 0 Å². The fourth-order valence-electron chi connectivity index (χ4n) is 1.90. The van der Waals surface area contributed by atoms with E-state index in [4.69, 9.17) is 4.74 Å². The van der Waals surface area contributed by atoms with Gasteiger partial charge in [-0.1, -0.05) is 0 Å². The molecule has 6 nitrogen and oxygen atoms in total. The number of nitrogens with one attached hydrogen (secondary N) is 1. The van der Waals surface area contributed by atoms with E-state index in [9.17, 15) is 9.59 Å². The van der Waals surface area contributed by atoms with Crippen LogP contribution in [0.5, 0.6) is 0 Å². The maximum atomic E-state index is 12.1. The summed E-state index contributed by atoms with van der Waals surface area (Å²) in [5.74, 6) is -0.372. The number of rotatable bonds is 3. The Bertz CT molecular complexity index is 444. The van der Waals surface area contributed by atoms with E-state index < -0.39 is 6.04 Å². The highest BCUT2D eigenvalue weighted by Gasteiger charge is 2.23. The van der Waals surface area contributed by atoms with Crippen LogP contribution >= 0.6 is 0 Å². The van der Waals surface area contributed by atoms with Crippen LogP contribution in [-0.4, -0.2) is 54.0 Å². The number of ether oxygens (including phenoxy) is 1. The zero-order valence-electron chi connectivity index (χ0n) is 10.8. The zero-order chi connectivity index (χ0) is 13.7. The summed E-state index contributed by atoms with van der Waals surface area (Å²) >= 11 is 0. The Morgan fingerprint density at radius 2 is 2.16 bits per heavy atom. The van der Waals surface area contributed by atoms with Gasteiger partial charge in [0.1, 0.15) is 6.04 Å². The second kappa shape index (κ2) is 6.29. The minimum Gasteiger partial charge on any atom is -0.378 e. The largest absolute Gasteiger partial charge is 0.378 e. The van der Waals surface area contributed by atoms with Crippen LogP contribution in [0.3, 0.4) is 0 Å². The highest BCUT2D eigenvalue weighted by atomic mass is 16.5. The second-order valence-corrected chi connectivity index (χ2v) is 4.37. The first-order valence-electron chi connectivity index (χ1n) is 6.26. The van der Waals surface area contributed by atoms with Gasteiger partial charge < -0.3 is 15.0 Å². The number of hydrogen-bond acceptors (Lipinski definition) is 4. The smallest absolute Gasteiger partial charge is 0.253 e. The average molecular weight is 263 g/mol. The van der Waals surface area contributed by atoms with Crippen molar-refractivity contribution < 1.29 is 14.3 Å². The molecule has 2 heterocycles. The van der Waals surface area contributed by atoms with Gasteiger partial charge in [-0.05, 0) is 19.1 Å². The van der Waals surface area contributed by atoms with Crippen molar-refractivity contribution in [3.05, 3.63) is 30.1 Å². The lowest BCUT2D eigenvalue weighted by atomic mass is 10.2. The topological polar surface area (TPSA) is 71.5 Å². The van der Waals surface area contributed by atoms with Gasteiger partial charge >= 0.3 is 0 Å². The summed E-state index contributed by atoms with van der Waals surface area (Å²) in [6, 6.07) is 2.79. The van der Waals surface area contributed by atoms with E-state index in [1.165, 1.54) is 6.20 Å². The van der Waals surface area contributed by atoms with E-state index in [0.29, 0.717) is 31.9 Å². The Morgan fingerprint density at radius 1 is 1.42 bits per heavy atom. The van der Waals surface area contributed by atoms with Gasteiger partial charge in [0.25, 0.3) is 5.91 Å². The van der Waals surface area contributed by atoms with Gasteiger partial charge in [-0.3, -0.25) is 14.6 Å². The second-order valence-electron chi connectivity index (χ2n) is 4.37. The van der Waals surface area contributed by atoms with Gasteiger partial charge in [0.2, 0.25) is 5.91 Å². The van der Waals surface area contributed by atoms with Crippen molar-refractivity contribution in [1.82, 2.24) is 15.2 Å². The van der Waals surface area contributed by atoms with Crippen molar-refractivity contribution in [3.63, 3.8) is 0 Å². The van der Waals surface area contributed by atoms with E-state index in [2.05, 4.69) is 10.3 Å². The highest BCUT2D eigenvalue weighted by molar-refractivity contribution is 5.97. The van der Waals surface area contributed by atoms with Crippen LogP contribution in [0.4, 0.5) is 0 Å². The third kappa shape index (κ3) is 3.51. The van der Waals surface area contributed by atoms with Gasteiger partial charge in [0, 0.05) is 25.5 Å². The quantitative estimate of drug-likeness (QED) is 0.837. The van der Waals surface area contributed by atoms with Crippen molar-refractivity contribution in [2.45, 2.75) is 13.0 Å². The average Bonchev–Trinajstić information content (AvgIpc) is 2.48. The lowest BCUT2D eigenvalue weighted by Gasteiger charge is -2.29. The molecule has 0 aliphatic carbocycles. The number of pyridine rings is 1. The molecule has 0 saturated carbocycles. The molecule has 1 aliphatic rings. The molecule has 1 fully saturated rings. The predicted molar refractivity (Wildman–Crippen MR) is 68.6 cm³/mol. The van der Waals surface area contributed by atoms with Crippen LogP contribution in [0.1, 0.15) is 17.3 Å². The third-order valence-electron chi connectivity index (χ3n) is 2.96. The standard InChI is InChI=1S/C13H17N3O3/c1-10(13(18)16-5-7-19-8-6-16)15-12(17)11-3-2-4-14-9-11/h2-4,9-10H,5-8H2,1H3,(H,15,17)/t10-/m0/s1. The van der Waals surface area contributed by atoms with E-state index in [1.54, 1.807) is 30.2 Å². The molecular formula is C13H17N3O3. The van der Waals surface area contributed by atoms with Crippen molar-refractivity contribution in [2.75, 3.05) is 26.3 Å². The summed E-state index contributed by atoms with van der Waals surface area (Å²) in [5, 5.41) is 2.68. The first kappa shape index (κ1) is 13.5. The van der Waals surface area contributed by atoms with Crippen LogP contribution in [0.25, 0.3) is 0 Å². The summed E-state index contributed by atoms with van der Waals surface area (Å²) in [6.45, 7) is 3.94. The predicted octanol–water partition coefficient (Wildman–Crippen LogP) is 0.0587. The fourth-order valence-corrected chi connectivity index (χ4v) is 1.90. The maximum absolute atomic E-state index is 12.1. The van der Waals surface area contributed by atoms with Crippen LogP contribution < -0.4 is 5.32 Å². The third-order valence-corrected chi connectivity index (χ3v) is 2.96. The van der Waals surface area contributed by atoms with Gasteiger partial charge in [0.15, 0.2) is 0 Å². The molecule has 2 amide bonds. The van der Waals surface area contributed by atoms with Crippen molar-refractivity contribution in [3.8, 4) is 0 Å². The Hall–Kier alpha value is -1.95. The zero-order valence-corrected chi connectivity index (χ0v) is 10.8. The first-order chi connectivity index (χ1) is 9.18. The lowest BCUT2D eigenvalue weighted by Crippen LogP contribution is -2.50. The minimum absolute atomic E-state index is 0.0828. The molecule has 1 aromatic heterocycles. The Kier molecular flexibility index (Phi) is 4.46. The van der Waals surface area contributed by atoms with Crippen molar-refractivity contribution in [1.29, 1.82) is 0 Å². The number of amides is 2.